The van der Waals surface area contributed by atoms with Crippen LogP contribution in [-0.2, 0) is 4.79 Å². The molecule has 1 atom stereocenters. The molecule has 0 aromatic carbocycles. The summed E-state index contributed by atoms with van der Waals surface area (Å²) < 4.78 is 0. The van der Waals surface area contributed by atoms with E-state index in [1.807, 2.05) is 11.8 Å². The predicted octanol–water partition coefficient (Wildman–Crippen LogP) is 1.89. The lowest BCUT2D eigenvalue weighted by Crippen LogP contribution is -2.49. The lowest BCUT2D eigenvalue weighted by Gasteiger charge is -2.19. The molecule has 90 valence electrons. The third kappa shape index (κ3) is 7.68. The third-order valence-electron chi connectivity index (χ3n) is 2.44. The van der Waals surface area contributed by atoms with Gasteiger partial charge in [-0.05, 0) is 37.7 Å². The maximum Gasteiger partial charge on any atom is 0.237 e. The normalized spacial score (nSPS) is 14.9. The zero-order chi connectivity index (χ0) is 11.7. The number of thioether (sulfide) groups is 1. The van der Waals surface area contributed by atoms with Crippen LogP contribution in [0.1, 0.15) is 46.0 Å². The van der Waals surface area contributed by atoms with Crippen LogP contribution in [0.15, 0.2) is 0 Å². The van der Waals surface area contributed by atoms with Crippen LogP contribution in [0.4, 0.5) is 0 Å². The van der Waals surface area contributed by atoms with Crippen LogP contribution in [-0.4, -0.2) is 23.0 Å². The van der Waals surface area contributed by atoms with E-state index < -0.39 is 11.4 Å². The number of primary amides is 1. The number of unbranched alkanes of at least 4 members (excludes halogenated alkanes) is 2. The monoisotopic (exact) mass is 232 g/mol. The highest BCUT2D eigenvalue weighted by atomic mass is 32.2. The van der Waals surface area contributed by atoms with Crippen molar-refractivity contribution in [3.63, 3.8) is 0 Å². The third-order valence-corrected chi connectivity index (χ3v) is 3.59. The summed E-state index contributed by atoms with van der Waals surface area (Å²) >= 11 is 1.94. The first-order chi connectivity index (χ1) is 7.00. The summed E-state index contributed by atoms with van der Waals surface area (Å²) in [4.78, 5) is 10.9. The Bertz CT molecular complexity index is 183. The first kappa shape index (κ1) is 14.8. The van der Waals surface area contributed by atoms with E-state index in [1.54, 1.807) is 6.92 Å². The van der Waals surface area contributed by atoms with Gasteiger partial charge in [0.1, 0.15) is 0 Å². The highest BCUT2D eigenvalue weighted by Gasteiger charge is 2.24. The Morgan fingerprint density at radius 2 is 1.87 bits per heavy atom. The van der Waals surface area contributed by atoms with Crippen molar-refractivity contribution in [3.8, 4) is 0 Å². The molecule has 4 heteroatoms. The Hall–Kier alpha value is -0.220. The van der Waals surface area contributed by atoms with Crippen molar-refractivity contribution < 1.29 is 4.79 Å². The van der Waals surface area contributed by atoms with Crippen LogP contribution in [0.3, 0.4) is 0 Å². The maximum absolute atomic E-state index is 10.9. The van der Waals surface area contributed by atoms with Crippen molar-refractivity contribution in [2.24, 2.45) is 11.5 Å². The molecule has 1 unspecified atom stereocenters. The minimum atomic E-state index is -0.829. The highest BCUT2D eigenvalue weighted by molar-refractivity contribution is 7.99. The van der Waals surface area contributed by atoms with Gasteiger partial charge in [-0.15, -0.1) is 0 Å². The van der Waals surface area contributed by atoms with E-state index in [4.69, 9.17) is 11.5 Å². The standard InChI is InChI=1S/C11H24N2OS/c1-3-4-5-8-15-9-6-7-11(2,13)10(12)14/h3-9,13H2,1-2H3,(H2,12,14). The summed E-state index contributed by atoms with van der Waals surface area (Å²) in [7, 11) is 0. The van der Waals surface area contributed by atoms with E-state index in [9.17, 15) is 4.79 Å². The first-order valence-corrected chi connectivity index (χ1v) is 6.82. The van der Waals surface area contributed by atoms with Crippen molar-refractivity contribution in [1.82, 2.24) is 0 Å². The predicted molar refractivity (Wildman–Crippen MR) is 67.9 cm³/mol. The molecule has 0 aliphatic heterocycles. The zero-order valence-electron chi connectivity index (χ0n) is 9.92. The Morgan fingerprint density at radius 1 is 1.27 bits per heavy atom. The van der Waals surface area contributed by atoms with E-state index in [0.717, 1.165) is 12.2 Å². The number of hydrogen-bond donors (Lipinski definition) is 2. The fourth-order valence-electron chi connectivity index (χ4n) is 1.22. The van der Waals surface area contributed by atoms with Gasteiger partial charge in [0, 0.05) is 0 Å². The molecule has 0 fully saturated rings. The summed E-state index contributed by atoms with van der Waals surface area (Å²) in [6, 6.07) is 0. The lowest BCUT2D eigenvalue weighted by molar-refractivity contribution is -0.122. The molecule has 0 bridgehead atoms. The molecule has 0 radical (unpaired) electrons. The molecule has 0 saturated heterocycles. The van der Waals surface area contributed by atoms with Crippen LogP contribution in [0.25, 0.3) is 0 Å². The van der Waals surface area contributed by atoms with Gasteiger partial charge in [-0.3, -0.25) is 4.79 Å². The van der Waals surface area contributed by atoms with Crippen LogP contribution >= 0.6 is 11.8 Å². The molecule has 0 aliphatic rings. The van der Waals surface area contributed by atoms with Crippen molar-refractivity contribution >= 4 is 17.7 Å². The Kier molecular flexibility index (Phi) is 7.88. The van der Waals surface area contributed by atoms with Crippen molar-refractivity contribution in [2.45, 2.75) is 51.5 Å². The van der Waals surface area contributed by atoms with E-state index in [1.165, 1.54) is 25.0 Å². The fraction of sp³-hybridized carbons (Fsp3) is 0.909. The second kappa shape index (κ2) is 7.99. The Morgan fingerprint density at radius 3 is 2.40 bits per heavy atom. The zero-order valence-corrected chi connectivity index (χ0v) is 10.7. The van der Waals surface area contributed by atoms with Crippen LogP contribution in [0.5, 0.6) is 0 Å². The van der Waals surface area contributed by atoms with E-state index in [2.05, 4.69) is 6.92 Å². The molecular formula is C11H24N2OS. The molecule has 0 rings (SSSR count). The molecule has 0 spiro atoms. The second-order valence-electron chi connectivity index (χ2n) is 4.20. The molecule has 0 saturated carbocycles. The van der Waals surface area contributed by atoms with Gasteiger partial charge >= 0.3 is 0 Å². The highest BCUT2D eigenvalue weighted by Crippen LogP contribution is 2.13. The Labute approximate surface area is 97.4 Å². The molecule has 3 nitrogen and oxygen atoms in total. The fourth-order valence-corrected chi connectivity index (χ4v) is 2.18. The Balaban J connectivity index is 3.35. The molecule has 0 aromatic rings. The second-order valence-corrected chi connectivity index (χ2v) is 5.43. The van der Waals surface area contributed by atoms with Gasteiger partial charge in [-0.1, -0.05) is 19.8 Å². The smallest absolute Gasteiger partial charge is 0.237 e. The number of rotatable bonds is 9. The number of carbonyl (C=O) groups excluding carboxylic acids is 1. The number of amides is 1. The molecule has 15 heavy (non-hydrogen) atoms. The van der Waals surface area contributed by atoms with Gasteiger partial charge in [0.25, 0.3) is 0 Å². The van der Waals surface area contributed by atoms with Gasteiger partial charge < -0.3 is 11.5 Å². The van der Waals surface area contributed by atoms with Crippen molar-refractivity contribution in [1.29, 1.82) is 0 Å². The van der Waals surface area contributed by atoms with Gasteiger partial charge in [0.2, 0.25) is 5.91 Å². The first-order valence-electron chi connectivity index (χ1n) is 5.67. The van der Waals surface area contributed by atoms with E-state index >= 15 is 0 Å². The lowest BCUT2D eigenvalue weighted by atomic mass is 9.97. The maximum atomic E-state index is 10.9. The number of carbonyl (C=O) groups is 1. The topological polar surface area (TPSA) is 69.1 Å². The summed E-state index contributed by atoms with van der Waals surface area (Å²) in [6.07, 6.45) is 5.51. The van der Waals surface area contributed by atoms with Crippen LogP contribution in [0.2, 0.25) is 0 Å². The van der Waals surface area contributed by atoms with Crippen molar-refractivity contribution in [3.05, 3.63) is 0 Å². The SMILES string of the molecule is CCCCCSCCCC(C)(N)C(N)=O. The molecule has 0 aromatic heterocycles. The van der Waals surface area contributed by atoms with Crippen molar-refractivity contribution in [2.75, 3.05) is 11.5 Å². The minimum absolute atomic E-state index is 0.404. The molecule has 4 N–H and O–H groups in total. The summed E-state index contributed by atoms with van der Waals surface area (Å²) in [5.74, 6) is 1.88. The van der Waals surface area contributed by atoms with E-state index in [-0.39, 0.29) is 0 Å². The van der Waals surface area contributed by atoms with Gasteiger partial charge in [-0.25, -0.2) is 0 Å². The summed E-state index contributed by atoms with van der Waals surface area (Å²) in [6.45, 7) is 3.91. The van der Waals surface area contributed by atoms with Gasteiger partial charge in [0.05, 0.1) is 5.54 Å². The molecule has 0 aliphatic carbocycles. The average Bonchev–Trinajstić information content (AvgIpc) is 2.16. The molecule has 0 heterocycles. The summed E-state index contributed by atoms with van der Waals surface area (Å²) in [5.41, 5.74) is 10.1. The van der Waals surface area contributed by atoms with Gasteiger partial charge in [-0.2, -0.15) is 11.8 Å². The number of hydrogen-bond acceptors (Lipinski definition) is 3. The number of nitrogens with two attached hydrogens (primary N) is 2. The molecular weight excluding hydrogens is 208 g/mol. The van der Waals surface area contributed by atoms with Crippen LogP contribution < -0.4 is 11.5 Å². The minimum Gasteiger partial charge on any atom is -0.368 e. The van der Waals surface area contributed by atoms with E-state index in [0.29, 0.717) is 6.42 Å². The van der Waals surface area contributed by atoms with Crippen LogP contribution in [0, 0.1) is 0 Å². The van der Waals surface area contributed by atoms with Gasteiger partial charge in [0.15, 0.2) is 0 Å². The molecule has 1 amide bonds. The quantitative estimate of drug-likeness (QED) is 0.596. The largest absolute Gasteiger partial charge is 0.368 e. The average molecular weight is 232 g/mol. The summed E-state index contributed by atoms with van der Waals surface area (Å²) in [5, 5.41) is 0.